The second-order valence-corrected chi connectivity index (χ2v) is 8.95. The number of nitrogens with one attached hydrogen (secondary N) is 2. The lowest BCUT2D eigenvalue weighted by Gasteiger charge is -2.20. The van der Waals surface area contributed by atoms with Crippen molar-refractivity contribution in [2.24, 2.45) is 0 Å². The molecule has 0 bridgehead atoms. The normalized spacial score (nSPS) is 11.2. The van der Waals surface area contributed by atoms with Crippen molar-refractivity contribution in [1.29, 1.82) is 0 Å². The molecule has 0 unspecified atom stereocenters. The molecule has 0 aliphatic carbocycles. The Labute approximate surface area is 184 Å². The highest BCUT2D eigenvalue weighted by atomic mass is 79.9. The molecule has 3 aromatic rings. The van der Waals surface area contributed by atoms with Crippen molar-refractivity contribution in [3.63, 3.8) is 0 Å². The van der Waals surface area contributed by atoms with Crippen molar-refractivity contribution in [1.82, 2.24) is 10.9 Å². The zero-order chi connectivity index (χ0) is 21.7. The molecule has 2 N–H and O–H groups in total. The predicted molar refractivity (Wildman–Crippen MR) is 122 cm³/mol. The van der Waals surface area contributed by atoms with Crippen LogP contribution in [0.3, 0.4) is 0 Å². The van der Waals surface area contributed by atoms with Crippen molar-refractivity contribution >= 4 is 38.5 Å². The van der Waals surface area contributed by atoms with E-state index in [4.69, 9.17) is 4.74 Å². The summed E-state index contributed by atoms with van der Waals surface area (Å²) in [6.07, 6.45) is 0.169. The van der Waals surface area contributed by atoms with E-state index < -0.39 is 5.91 Å². The second-order valence-electron chi connectivity index (χ2n) is 8.10. The number of carbonyl (C=O) groups is 2. The fourth-order valence-corrected chi connectivity index (χ4v) is 3.56. The largest absolute Gasteiger partial charge is 0.483 e. The van der Waals surface area contributed by atoms with Crippen LogP contribution < -0.4 is 15.6 Å². The van der Waals surface area contributed by atoms with Gasteiger partial charge in [-0.05, 0) is 55.4 Å². The van der Waals surface area contributed by atoms with Gasteiger partial charge in [0.1, 0.15) is 5.75 Å². The Kier molecular flexibility index (Phi) is 6.77. The minimum Gasteiger partial charge on any atom is -0.483 e. The first-order chi connectivity index (χ1) is 14.2. The molecule has 2 amide bonds. The Balaban J connectivity index is 1.50. The van der Waals surface area contributed by atoms with Crippen LogP contribution in [0.1, 0.15) is 31.9 Å². The SMILES string of the molecule is CC(C)(C)c1ccc(OCC(=O)NNC(=O)Cc2cccc3ccccc23)c(Br)c1. The van der Waals surface area contributed by atoms with Gasteiger partial charge in [-0.2, -0.15) is 0 Å². The molecule has 0 aliphatic rings. The van der Waals surface area contributed by atoms with E-state index in [1.807, 2.05) is 60.7 Å². The van der Waals surface area contributed by atoms with Crippen LogP contribution in [0.15, 0.2) is 65.1 Å². The quantitative estimate of drug-likeness (QED) is 0.534. The Morgan fingerprint density at radius 2 is 1.63 bits per heavy atom. The molecule has 0 heterocycles. The molecule has 0 aromatic heterocycles. The first-order valence-electron chi connectivity index (χ1n) is 9.71. The maximum Gasteiger partial charge on any atom is 0.276 e. The van der Waals surface area contributed by atoms with Gasteiger partial charge in [-0.3, -0.25) is 20.4 Å². The van der Waals surface area contributed by atoms with Gasteiger partial charge in [-0.25, -0.2) is 0 Å². The number of hydrogen-bond acceptors (Lipinski definition) is 3. The number of rotatable bonds is 5. The average molecular weight is 469 g/mol. The highest BCUT2D eigenvalue weighted by Gasteiger charge is 2.16. The summed E-state index contributed by atoms with van der Waals surface area (Å²) in [5.41, 5.74) is 6.92. The van der Waals surface area contributed by atoms with Crippen LogP contribution in [0, 0.1) is 0 Å². The van der Waals surface area contributed by atoms with Gasteiger partial charge in [-0.15, -0.1) is 0 Å². The van der Waals surface area contributed by atoms with Crippen LogP contribution in [0.25, 0.3) is 10.8 Å². The zero-order valence-electron chi connectivity index (χ0n) is 17.3. The number of halogens is 1. The fraction of sp³-hybridized carbons (Fsp3) is 0.250. The summed E-state index contributed by atoms with van der Waals surface area (Å²) >= 11 is 3.48. The minimum atomic E-state index is -0.437. The number of hydrogen-bond donors (Lipinski definition) is 2. The monoisotopic (exact) mass is 468 g/mol. The van der Waals surface area contributed by atoms with Gasteiger partial charge in [0.25, 0.3) is 5.91 Å². The lowest BCUT2D eigenvalue weighted by Crippen LogP contribution is -2.44. The Morgan fingerprint density at radius 3 is 2.37 bits per heavy atom. The van der Waals surface area contributed by atoms with Gasteiger partial charge in [-0.1, -0.05) is 69.3 Å². The average Bonchev–Trinajstić information content (AvgIpc) is 2.71. The third kappa shape index (κ3) is 5.60. The van der Waals surface area contributed by atoms with Gasteiger partial charge >= 0.3 is 0 Å². The van der Waals surface area contributed by atoms with E-state index in [1.54, 1.807) is 0 Å². The van der Waals surface area contributed by atoms with Crippen molar-refractivity contribution in [3.05, 3.63) is 76.3 Å². The summed E-state index contributed by atoms with van der Waals surface area (Å²) < 4.78 is 6.34. The van der Waals surface area contributed by atoms with Gasteiger partial charge in [0.2, 0.25) is 5.91 Å². The summed E-state index contributed by atoms with van der Waals surface area (Å²) in [7, 11) is 0. The highest BCUT2D eigenvalue weighted by molar-refractivity contribution is 9.10. The van der Waals surface area contributed by atoms with Crippen LogP contribution in [-0.4, -0.2) is 18.4 Å². The molecule has 0 radical (unpaired) electrons. The standard InChI is InChI=1S/C24H25BrN2O3/c1-24(2,3)18-11-12-21(20(25)14-18)30-15-23(29)27-26-22(28)13-17-9-6-8-16-7-4-5-10-19(16)17/h4-12,14H,13,15H2,1-3H3,(H,26,28)(H,27,29). The van der Waals surface area contributed by atoms with Gasteiger partial charge in [0.15, 0.2) is 6.61 Å². The molecule has 6 heteroatoms. The van der Waals surface area contributed by atoms with E-state index in [-0.39, 0.29) is 24.3 Å². The van der Waals surface area contributed by atoms with Crippen LogP contribution in [0.2, 0.25) is 0 Å². The maximum atomic E-state index is 12.2. The molecule has 3 rings (SSSR count). The molecule has 0 atom stereocenters. The van der Waals surface area contributed by atoms with E-state index >= 15 is 0 Å². The van der Waals surface area contributed by atoms with Gasteiger partial charge in [0.05, 0.1) is 10.9 Å². The van der Waals surface area contributed by atoms with Crippen LogP contribution in [0.5, 0.6) is 5.75 Å². The van der Waals surface area contributed by atoms with Gasteiger partial charge in [0, 0.05) is 0 Å². The second kappa shape index (κ2) is 9.30. The lowest BCUT2D eigenvalue weighted by atomic mass is 9.87. The molecule has 156 valence electrons. The van der Waals surface area contributed by atoms with Crippen molar-refractivity contribution in [2.45, 2.75) is 32.6 Å². The van der Waals surface area contributed by atoms with Crippen LogP contribution in [-0.2, 0) is 21.4 Å². The lowest BCUT2D eigenvalue weighted by molar-refractivity contribution is -0.129. The molecule has 0 saturated carbocycles. The highest BCUT2D eigenvalue weighted by Crippen LogP contribution is 2.31. The molecular formula is C24H25BrN2O3. The Bertz CT molecular complexity index is 1070. The van der Waals surface area contributed by atoms with E-state index in [1.165, 1.54) is 0 Å². The van der Waals surface area contributed by atoms with Crippen LogP contribution >= 0.6 is 15.9 Å². The predicted octanol–water partition coefficient (Wildman–Crippen LogP) is 4.67. The van der Waals surface area contributed by atoms with Crippen LogP contribution in [0.4, 0.5) is 0 Å². The third-order valence-electron chi connectivity index (χ3n) is 4.73. The third-order valence-corrected chi connectivity index (χ3v) is 5.35. The summed E-state index contributed by atoms with van der Waals surface area (Å²) in [6.45, 7) is 6.18. The summed E-state index contributed by atoms with van der Waals surface area (Å²) in [5.74, 6) is -0.163. The smallest absolute Gasteiger partial charge is 0.276 e. The summed E-state index contributed by atoms with van der Waals surface area (Å²) in [5, 5.41) is 2.09. The van der Waals surface area contributed by atoms with Crippen molar-refractivity contribution in [3.8, 4) is 5.75 Å². The van der Waals surface area contributed by atoms with Crippen molar-refractivity contribution in [2.75, 3.05) is 6.61 Å². The molecule has 0 spiro atoms. The number of hydrazine groups is 1. The number of fused-ring (bicyclic) bond motifs is 1. The summed E-state index contributed by atoms with van der Waals surface area (Å²) in [4.78, 5) is 24.3. The zero-order valence-corrected chi connectivity index (χ0v) is 18.9. The molecule has 0 aliphatic heterocycles. The van der Waals surface area contributed by atoms with E-state index in [9.17, 15) is 9.59 Å². The fourth-order valence-electron chi connectivity index (χ4n) is 3.07. The molecule has 3 aromatic carbocycles. The summed E-state index contributed by atoms with van der Waals surface area (Å²) in [6, 6.07) is 19.5. The number of benzene rings is 3. The molecule has 0 saturated heterocycles. The number of carbonyl (C=O) groups excluding carboxylic acids is 2. The Hall–Kier alpha value is -2.86. The minimum absolute atomic E-state index is 0.0206. The first kappa shape index (κ1) is 21.8. The van der Waals surface area contributed by atoms with Gasteiger partial charge < -0.3 is 4.74 Å². The maximum absolute atomic E-state index is 12.2. The first-order valence-corrected chi connectivity index (χ1v) is 10.5. The number of amides is 2. The van der Waals surface area contributed by atoms with E-state index in [0.29, 0.717) is 5.75 Å². The topological polar surface area (TPSA) is 67.4 Å². The molecule has 0 fully saturated rings. The molecule has 5 nitrogen and oxygen atoms in total. The van der Waals surface area contributed by atoms with E-state index in [2.05, 4.69) is 47.6 Å². The van der Waals surface area contributed by atoms with Crippen molar-refractivity contribution < 1.29 is 14.3 Å². The van der Waals surface area contributed by atoms with E-state index in [0.717, 1.165) is 26.4 Å². The molecular weight excluding hydrogens is 444 g/mol. The Morgan fingerprint density at radius 1 is 0.933 bits per heavy atom. The number of ether oxygens (including phenoxy) is 1. The molecule has 30 heavy (non-hydrogen) atoms.